The number of rotatable bonds is 1. The summed E-state index contributed by atoms with van der Waals surface area (Å²) in [5, 5.41) is 4.33. The smallest absolute Gasteiger partial charge is 0.322 e. The van der Waals surface area contributed by atoms with Crippen LogP contribution in [0.15, 0.2) is 15.8 Å². The Labute approximate surface area is 94.9 Å². The van der Waals surface area contributed by atoms with Crippen molar-refractivity contribution in [2.24, 2.45) is 14.1 Å². The molecule has 90 valence electrons. The lowest BCUT2D eigenvalue weighted by Crippen LogP contribution is -2.41. The highest BCUT2D eigenvalue weighted by atomic mass is 16.2. The Hall–Kier alpha value is -2.38. The number of aromatic nitrogens is 2. The fourth-order valence-electron chi connectivity index (χ4n) is 1.67. The predicted octanol–water partition coefficient (Wildman–Crippen LogP) is -2.04. The molecule has 1 unspecified atom stereocenters. The fraction of sp³-hybridized carbons (Fsp3) is 0.333. The molecular weight excluding hydrogens is 228 g/mol. The largest absolute Gasteiger partial charge is 0.330 e. The van der Waals surface area contributed by atoms with Crippen LogP contribution in [0.1, 0.15) is 11.6 Å². The molecule has 1 saturated heterocycles. The SMILES string of the molecule is Cn1cc(C2NC(=O)NC2=O)c(=O)n(C)c1=O. The van der Waals surface area contributed by atoms with E-state index in [2.05, 4.69) is 5.32 Å². The highest BCUT2D eigenvalue weighted by Gasteiger charge is 2.33. The monoisotopic (exact) mass is 238 g/mol. The third kappa shape index (κ3) is 1.63. The lowest BCUT2D eigenvalue weighted by molar-refractivity contribution is -0.120. The molecule has 1 aliphatic heterocycles. The van der Waals surface area contributed by atoms with Crippen molar-refractivity contribution in [2.45, 2.75) is 6.04 Å². The van der Waals surface area contributed by atoms with Crippen LogP contribution in [0.3, 0.4) is 0 Å². The third-order valence-electron chi connectivity index (χ3n) is 2.56. The minimum atomic E-state index is -1.05. The second-order valence-corrected chi connectivity index (χ2v) is 3.74. The van der Waals surface area contributed by atoms with E-state index in [4.69, 9.17) is 0 Å². The van der Waals surface area contributed by atoms with Gasteiger partial charge in [-0.25, -0.2) is 9.59 Å². The number of urea groups is 1. The zero-order valence-corrected chi connectivity index (χ0v) is 9.18. The lowest BCUT2D eigenvalue weighted by Gasteiger charge is -2.10. The van der Waals surface area contributed by atoms with Gasteiger partial charge in [0.05, 0.1) is 5.56 Å². The van der Waals surface area contributed by atoms with Gasteiger partial charge in [-0.15, -0.1) is 0 Å². The first kappa shape index (κ1) is 11.1. The van der Waals surface area contributed by atoms with Crippen molar-refractivity contribution in [3.63, 3.8) is 0 Å². The van der Waals surface area contributed by atoms with Crippen molar-refractivity contribution in [3.05, 3.63) is 32.6 Å². The standard InChI is InChI=1S/C9H10N4O4/c1-12-3-4(7(15)13(2)9(12)17)5-6(14)11-8(16)10-5/h3,5H,1-2H3,(H2,10,11,14,16). The molecule has 8 heteroatoms. The van der Waals surface area contributed by atoms with Gasteiger partial charge in [-0.2, -0.15) is 0 Å². The minimum absolute atomic E-state index is 0.0537. The summed E-state index contributed by atoms with van der Waals surface area (Å²) in [5.41, 5.74) is -1.04. The minimum Gasteiger partial charge on any atom is -0.322 e. The number of carbonyl (C=O) groups excluding carboxylic acids is 2. The van der Waals surface area contributed by atoms with E-state index in [0.717, 1.165) is 4.57 Å². The number of amides is 3. The van der Waals surface area contributed by atoms with E-state index in [1.165, 1.54) is 24.9 Å². The molecule has 17 heavy (non-hydrogen) atoms. The molecule has 0 aliphatic carbocycles. The summed E-state index contributed by atoms with van der Waals surface area (Å²) in [6, 6.07) is -1.70. The first-order valence-electron chi connectivity index (χ1n) is 4.79. The Morgan fingerprint density at radius 2 is 1.82 bits per heavy atom. The maximum absolute atomic E-state index is 11.8. The highest BCUT2D eigenvalue weighted by molar-refractivity contribution is 6.04. The Morgan fingerprint density at radius 3 is 2.35 bits per heavy atom. The van der Waals surface area contributed by atoms with E-state index in [-0.39, 0.29) is 5.56 Å². The van der Waals surface area contributed by atoms with Crippen LogP contribution in [-0.4, -0.2) is 21.1 Å². The summed E-state index contributed by atoms with van der Waals surface area (Å²) in [4.78, 5) is 45.6. The Balaban J connectivity index is 2.62. The van der Waals surface area contributed by atoms with Crippen LogP contribution in [-0.2, 0) is 18.9 Å². The summed E-state index contributed by atoms with van der Waals surface area (Å²) in [6.45, 7) is 0. The number of carbonyl (C=O) groups is 2. The van der Waals surface area contributed by atoms with Gasteiger partial charge in [0, 0.05) is 20.3 Å². The van der Waals surface area contributed by atoms with Gasteiger partial charge in [-0.3, -0.25) is 19.5 Å². The van der Waals surface area contributed by atoms with Gasteiger partial charge >= 0.3 is 11.7 Å². The third-order valence-corrected chi connectivity index (χ3v) is 2.56. The zero-order chi connectivity index (χ0) is 12.7. The summed E-state index contributed by atoms with van der Waals surface area (Å²) >= 11 is 0. The molecule has 0 radical (unpaired) electrons. The maximum atomic E-state index is 11.8. The maximum Gasteiger partial charge on any atom is 0.330 e. The molecule has 0 bridgehead atoms. The van der Waals surface area contributed by atoms with E-state index in [0.29, 0.717) is 0 Å². The molecule has 2 N–H and O–H groups in total. The molecule has 2 heterocycles. The zero-order valence-electron chi connectivity index (χ0n) is 9.18. The molecule has 0 aromatic carbocycles. The van der Waals surface area contributed by atoms with Crippen molar-refractivity contribution in [3.8, 4) is 0 Å². The molecule has 8 nitrogen and oxygen atoms in total. The summed E-state index contributed by atoms with van der Waals surface area (Å²) < 4.78 is 2.06. The second kappa shape index (κ2) is 3.58. The first-order valence-corrected chi connectivity index (χ1v) is 4.79. The number of imide groups is 1. The van der Waals surface area contributed by atoms with Gasteiger partial charge in [-0.05, 0) is 0 Å². The van der Waals surface area contributed by atoms with Crippen molar-refractivity contribution in [1.82, 2.24) is 19.8 Å². The number of hydrogen-bond acceptors (Lipinski definition) is 4. The molecular formula is C9H10N4O4. The van der Waals surface area contributed by atoms with E-state index < -0.39 is 29.2 Å². The molecule has 1 fully saturated rings. The Bertz CT molecular complexity index is 627. The summed E-state index contributed by atoms with van der Waals surface area (Å²) in [5.74, 6) is -0.606. The molecule has 2 rings (SSSR count). The molecule has 1 aromatic rings. The quantitative estimate of drug-likeness (QED) is 0.550. The normalized spacial score (nSPS) is 19.1. The van der Waals surface area contributed by atoms with Crippen molar-refractivity contribution < 1.29 is 9.59 Å². The van der Waals surface area contributed by atoms with Crippen molar-refractivity contribution >= 4 is 11.9 Å². The van der Waals surface area contributed by atoms with E-state index >= 15 is 0 Å². The van der Waals surface area contributed by atoms with Crippen LogP contribution in [0.4, 0.5) is 4.79 Å². The average molecular weight is 238 g/mol. The number of hydrogen-bond donors (Lipinski definition) is 2. The van der Waals surface area contributed by atoms with Crippen LogP contribution in [0, 0.1) is 0 Å². The number of aryl methyl sites for hydroxylation is 1. The van der Waals surface area contributed by atoms with Gasteiger partial charge < -0.3 is 9.88 Å². The van der Waals surface area contributed by atoms with E-state index in [1.54, 1.807) is 0 Å². The first-order chi connectivity index (χ1) is 7.91. The Morgan fingerprint density at radius 1 is 1.18 bits per heavy atom. The van der Waals surface area contributed by atoms with Crippen molar-refractivity contribution in [2.75, 3.05) is 0 Å². The topological polar surface area (TPSA) is 102 Å². The van der Waals surface area contributed by atoms with Crippen LogP contribution in [0.5, 0.6) is 0 Å². The van der Waals surface area contributed by atoms with Crippen LogP contribution in [0.25, 0.3) is 0 Å². The molecule has 0 saturated carbocycles. The molecule has 1 atom stereocenters. The van der Waals surface area contributed by atoms with Crippen molar-refractivity contribution in [1.29, 1.82) is 0 Å². The number of nitrogens with zero attached hydrogens (tertiary/aromatic N) is 2. The van der Waals surface area contributed by atoms with Gasteiger partial charge in [0.25, 0.3) is 11.5 Å². The van der Waals surface area contributed by atoms with Crippen LogP contribution in [0.2, 0.25) is 0 Å². The summed E-state index contributed by atoms with van der Waals surface area (Å²) in [6.07, 6.45) is 1.25. The second-order valence-electron chi connectivity index (χ2n) is 3.74. The number of nitrogens with one attached hydrogen (secondary N) is 2. The van der Waals surface area contributed by atoms with Crippen LogP contribution >= 0.6 is 0 Å². The Kier molecular flexibility index (Phi) is 2.34. The molecule has 3 amide bonds. The fourth-order valence-corrected chi connectivity index (χ4v) is 1.67. The predicted molar refractivity (Wildman–Crippen MR) is 56.3 cm³/mol. The molecule has 0 spiro atoms. The van der Waals surface area contributed by atoms with Gasteiger partial charge in [0.1, 0.15) is 6.04 Å². The van der Waals surface area contributed by atoms with Gasteiger partial charge in [0.15, 0.2) is 0 Å². The molecule has 1 aromatic heterocycles. The van der Waals surface area contributed by atoms with Gasteiger partial charge in [-0.1, -0.05) is 0 Å². The van der Waals surface area contributed by atoms with Crippen LogP contribution < -0.4 is 21.9 Å². The lowest BCUT2D eigenvalue weighted by atomic mass is 10.1. The molecule has 1 aliphatic rings. The average Bonchev–Trinajstić information content (AvgIpc) is 2.60. The van der Waals surface area contributed by atoms with E-state index in [9.17, 15) is 19.2 Å². The highest BCUT2D eigenvalue weighted by Crippen LogP contribution is 2.10. The van der Waals surface area contributed by atoms with Gasteiger partial charge in [0.2, 0.25) is 0 Å². The summed E-state index contributed by atoms with van der Waals surface area (Å²) in [7, 11) is 2.77. The van der Waals surface area contributed by atoms with E-state index in [1.807, 2.05) is 5.32 Å².